The van der Waals surface area contributed by atoms with Crippen molar-refractivity contribution < 1.29 is 33.3 Å². The van der Waals surface area contributed by atoms with Gasteiger partial charge in [0.05, 0.1) is 25.4 Å². The third-order valence-electron chi connectivity index (χ3n) is 6.92. The Balaban J connectivity index is 1.40. The Morgan fingerprint density at radius 3 is 1.86 bits per heavy atom. The molecule has 43 heavy (non-hydrogen) atoms. The highest BCUT2D eigenvalue weighted by Gasteiger charge is 2.13. The van der Waals surface area contributed by atoms with E-state index < -0.39 is 5.97 Å². The summed E-state index contributed by atoms with van der Waals surface area (Å²) < 4.78 is 27.9. The van der Waals surface area contributed by atoms with E-state index in [-0.39, 0.29) is 12.1 Å². The quantitative estimate of drug-likeness (QED) is 0.0743. The largest absolute Gasteiger partial charge is 0.491 e. The average Bonchev–Trinajstić information content (AvgIpc) is 3.03. The van der Waals surface area contributed by atoms with Crippen molar-refractivity contribution in [3.8, 4) is 22.6 Å². The van der Waals surface area contributed by atoms with E-state index in [2.05, 4.69) is 13.8 Å². The van der Waals surface area contributed by atoms with Crippen LogP contribution >= 0.6 is 0 Å². The van der Waals surface area contributed by atoms with Gasteiger partial charge in [-0.2, -0.15) is 0 Å². The number of benzene rings is 3. The van der Waals surface area contributed by atoms with Gasteiger partial charge in [-0.25, -0.2) is 4.79 Å². The highest BCUT2D eigenvalue weighted by Crippen LogP contribution is 2.25. The standard InChI is InChI=1S/C36H46O7/c1-4-6-8-9-10-35(37)42-28(3)29-15-21-34(22-16-29)43-36(38)32-13-11-30(12-14-32)31-17-19-33(20-18-31)41-27-26-40-25-24-39-23-7-5-2/h11-22,28H,4-10,23-27H2,1-3H3/t28-/m0/s1. The Labute approximate surface area is 256 Å². The Bertz CT molecular complexity index is 1200. The van der Waals surface area contributed by atoms with Crippen LogP contribution in [0.2, 0.25) is 0 Å². The van der Waals surface area contributed by atoms with Crippen LogP contribution < -0.4 is 9.47 Å². The number of carbonyl (C=O) groups is 2. The molecule has 0 aromatic heterocycles. The van der Waals surface area contributed by atoms with Crippen LogP contribution in [0.15, 0.2) is 72.8 Å². The Hall–Kier alpha value is -3.68. The second kappa shape index (κ2) is 19.5. The van der Waals surface area contributed by atoms with Gasteiger partial charge in [-0.1, -0.05) is 75.9 Å². The van der Waals surface area contributed by atoms with E-state index >= 15 is 0 Å². The zero-order chi connectivity index (χ0) is 30.7. The molecule has 0 amide bonds. The maximum absolute atomic E-state index is 12.7. The smallest absolute Gasteiger partial charge is 0.343 e. The van der Waals surface area contributed by atoms with Crippen molar-refractivity contribution in [3.63, 3.8) is 0 Å². The second-order valence-corrected chi connectivity index (χ2v) is 10.4. The molecule has 7 nitrogen and oxygen atoms in total. The molecule has 0 heterocycles. The number of esters is 2. The van der Waals surface area contributed by atoms with Crippen molar-refractivity contribution in [2.24, 2.45) is 0 Å². The summed E-state index contributed by atoms with van der Waals surface area (Å²) in [6, 6.07) is 22.1. The number of unbranched alkanes of at least 4 members (excludes halogenated alkanes) is 4. The van der Waals surface area contributed by atoms with Crippen LogP contribution in [0.3, 0.4) is 0 Å². The summed E-state index contributed by atoms with van der Waals surface area (Å²) in [5.41, 5.74) is 3.29. The predicted molar refractivity (Wildman–Crippen MR) is 169 cm³/mol. The Morgan fingerprint density at radius 1 is 0.628 bits per heavy atom. The van der Waals surface area contributed by atoms with E-state index in [1.807, 2.05) is 55.5 Å². The zero-order valence-electron chi connectivity index (χ0n) is 25.8. The summed E-state index contributed by atoms with van der Waals surface area (Å²) in [5, 5.41) is 0. The van der Waals surface area contributed by atoms with Crippen LogP contribution in [0.4, 0.5) is 0 Å². The van der Waals surface area contributed by atoms with E-state index in [0.29, 0.717) is 44.2 Å². The van der Waals surface area contributed by atoms with Crippen molar-refractivity contribution in [1.82, 2.24) is 0 Å². The van der Waals surface area contributed by atoms with Crippen LogP contribution in [-0.2, 0) is 19.0 Å². The molecule has 0 N–H and O–H groups in total. The first-order valence-corrected chi connectivity index (χ1v) is 15.5. The first-order valence-electron chi connectivity index (χ1n) is 15.5. The van der Waals surface area contributed by atoms with Gasteiger partial charge in [0.1, 0.15) is 24.2 Å². The summed E-state index contributed by atoms with van der Waals surface area (Å²) in [5.74, 6) is 0.571. The minimum atomic E-state index is -0.440. The van der Waals surface area contributed by atoms with Crippen molar-refractivity contribution in [2.45, 2.75) is 71.8 Å². The lowest BCUT2D eigenvalue weighted by Gasteiger charge is -2.14. The monoisotopic (exact) mass is 590 g/mol. The molecule has 0 fully saturated rings. The van der Waals surface area contributed by atoms with E-state index in [4.69, 9.17) is 23.7 Å². The molecule has 232 valence electrons. The van der Waals surface area contributed by atoms with Crippen LogP contribution in [-0.4, -0.2) is 45.0 Å². The number of hydrogen-bond donors (Lipinski definition) is 0. The van der Waals surface area contributed by atoms with Gasteiger partial charge in [-0.3, -0.25) is 4.79 Å². The third kappa shape index (κ3) is 12.6. The lowest BCUT2D eigenvalue weighted by molar-refractivity contribution is -0.148. The van der Waals surface area contributed by atoms with E-state index in [1.165, 1.54) is 0 Å². The van der Waals surface area contributed by atoms with E-state index in [9.17, 15) is 9.59 Å². The second-order valence-electron chi connectivity index (χ2n) is 10.4. The Kier molecular flexibility index (Phi) is 15.3. The molecule has 0 aliphatic heterocycles. The van der Waals surface area contributed by atoms with Crippen molar-refractivity contribution in [2.75, 3.05) is 33.0 Å². The molecule has 3 aromatic carbocycles. The molecule has 0 radical (unpaired) electrons. The SMILES string of the molecule is CCCCCCC(=O)O[C@@H](C)c1ccc(OC(=O)c2ccc(-c3ccc(OCCOCCOCCCC)cc3)cc2)cc1. The fourth-order valence-corrected chi connectivity index (χ4v) is 4.32. The van der Waals surface area contributed by atoms with Crippen molar-refractivity contribution in [3.05, 3.63) is 83.9 Å². The van der Waals surface area contributed by atoms with Crippen LogP contribution in [0.1, 0.15) is 87.7 Å². The molecule has 0 spiro atoms. The maximum Gasteiger partial charge on any atom is 0.343 e. The van der Waals surface area contributed by atoms with E-state index in [0.717, 1.165) is 67.6 Å². The number of carbonyl (C=O) groups excluding carboxylic acids is 2. The van der Waals surface area contributed by atoms with Gasteiger partial charge in [0.2, 0.25) is 0 Å². The molecule has 0 saturated carbocycles. The van der Waals surface area contributed by atoms with Gasteiger partial charge in [-0.15, -0.1) is 0 Å². The maximum atomic E-state index is 12.7. The molecule has 0 unspecified atom stereocenters. The summed E-state index contributed by atoms with van der Waals surface area (Å²) >= 11 is 0. The molecule has 3 aromatic rings. The molecule has 0 saturated heterocycles. The molecule has 3 rings (SSSR count). The summed E-state index contributed by atoms with van der Waals surface area (Å²) in [7, 11) is 0. The molecule has 1 atom stereocenters. The highest BCUT2D eigenvalue weighted by atomic mass is 16.5. The predicted octanol–water partition coefficient (Wildman–Crippen LogP) is 8.36. The molecule has 0 aliphatic carbocycles. The van der Waals surface area contributed by atoms with Crippen LogP contribution in [0.25, 0.3) is 11.1 Å². The molecule has 0 aliphatic rings. The van der Waals surface area contributed by atoms with Gasteiger partial charge in [0.25, 0.3) is 0 Å². The first kappa shape index (κ1) is 33.8. The van der Waals surface area contributed by atoms with Crippen molar-refractivity contribution >= 4 is 11.9 Å². The zero-order valence-corrected chi connectivity index (χ0v) is 25.8. The van der Waals surface area contributed by atoms with Crippen LogP contribution in [0, 0.1) is 0 Å². The van der Waals surface area contributed by atoms with Gasteiger partial charge < -0.3 is 23.7 Å². The molecule has 0 bridgehead atoms. The third-order valence-corrected chi connectivity index (χ3v) is 6.92. The van der Waals surface area contributed by atoms with Gasteiger partial charge in [0.15, 0.2) is 0 Å². The van der Waals surface area contributed by atoms with Gasteiger partial charge in [-0.05, 0) is 72.9 Å². The van der Waals surface area contributed by atoms with Crippen LogP contribution in [0.5, 0.6) is 11.5 Å². The van der Waals surface area contributed by atoms with Crippen molar-refractivity contribution in [1.29, 1.82) is 0 Å². The lowest BCUT2D eigenvalue weighted by Crippen LogP contribution is -2.11. The Morgan fingerprint density at radius 2 is 1.21 bits per heavy atom. The van der Waals surface area contributed by atoms with E-state index in [1.54, 1.807) is 24.3 Å². The number of rotatable bonds is 20. The summed E-state index contributed by atoms with van der Waals surface area (Å²) in [4.78, 5) is 24.8. The molecular formula is C36H46O7. The normalized spacial score (nSPS) is 11.6. The number of hydrogen-bond acceptors (Lipinski definition) is 7. The van der Waals surface area contributed by atoms with Gasteiger partial charge >= 0.3 is 11.9 Å². The minimum Gasteiger partial charge on any atom is -0.491 e. The average molecular weight is 591 g/mol. The fraction of sp³-hybridized carbons (Fsp3) is 0.444. The summed E-state index contributed by atoms with van der Waals surface area (Å²) in [6.07, 6.45) is 6.43. The minimum absolute atomic E-state index is 0.188. The summed E-state index contributed by atoms with van der Waals surface area (Å²) in [6.45, 7) is 9.06. The highest BCUT2D eigenvalue weighted by molar-refractivity contribution is 5.91. The number of ether oxygens (including phenoxy) is 5. The molecular weight excluding hydrogens is 544 g/mol. The fourth-order valence-electron chi connectivity index (χ4n) is 4.32. The lowest BCUT2D eigenvalue weighted by atomic mass is 10.0. The first-order chi connectivity index (χ1) is 21.0. The van der Waals surface area contributed by atoms with Gasteiger partial charge in [0, 0.05) is 13.0 Å². The molecule has 7 heteroatoms. The topological polar surface area (TPSA) is 80.3 Å².